The molecular weight excluding hydrogens is 346 g/mol. The largest absolute Gasteiger partial charge is 0.335 e. The first kappa shape index (κ1) is 16.7. The fourth-order valence-corrected chi connectivity index (χ4v) is 4.28. The Bertz CT molecular complexity index is 949. The van der Waals surface area contributed by atoms with Gasteiger partial charge in [0.05, 0.1) is 28.0 Å². The molecule has 1 saturated heterocycles. The van der Waals surface area contributed by atoms with Gasteiger partial charge in [0, 0.05) is 20.0 Å². The summed E-state index contributed by atoms with van der Waals surface area (Å²) in [6.45, 7) is 1.12. The first-order valence-electron chi connectivity index (χ1n) is 8.63. The quantitative estimate of drug-likeness (QED) is 0.708. The van der Waals surface area contributed by atoms with Gasteiger partial charge in [0.1, 0.15) is 5.01 Å². The molecule has 0 aliphatic carbocycles. The number of aromatic nitrogens is 1. The number of carbonyl (C=O) groups excluding carboxylic acids is 2. The molecule has 0 spiro atoms. The number of carbonyl (C=O) groups is 2. The van der Waals surface area contributed by atoms with E-state index in [2.05, 4.69) is 4.98 Å². The lowest BCUT2D eigenvalue weighted by molar-refractivity contribution is -0.117. The number of para-hydroxylation sites is 2. The lowest BCUT2D eigenvalue weighted by Crippen LogP contribution is -2.30. The van der Waals surface area contributed by atoms with E-state index < -0.39 is 0 Å². The maximum Gasteiger partial charge on any atom is 0.256 e. The smallest absolute Gasteiger partial charge is 0.256 e. The minimum absolute atomic E-state index is 0.0825. The van der Waals surface area contributed by atoms with Crippen molar-refractivity contribution in [3.05, 3.63) is 59.1 Å². The fourth-order valence-electron chi connectivity index (χ4n) is 3.26. The summed E-state index contributed by atoms with van der Waals surface area (Å²) in [5.41, 5.74) is 2.22. The topological polar surface area (TPSA) is 53.5 Å². The molecule has 0 bridgehead atoms. The third-order valence-electron chi connectivity index (χ3n) is 4.56. The van der Waals surface area contributed by atoms with Gasteiger partial charge in [-0.15, -0.1) is 11.3 Å². The second-order valence-corrected chi connectivity index (χ2v) is 7.52. The molecule has 1 aromatic heterocycles. The van der Waals surface area contributed by atoms with Gasteiger partial charge in [-0.25, -0.2) is 4.98 Å². The number of thiazole rings is 1. The number of hydrogen-bond acceptors (Lipinski definition) is 4. The molecule has 1 aliphatic rings. The minimum atomic E-state index is -0.0976. The summed E-state index contributed by atoms with van der Waals surface area (Å²) in [6, 6.07) is 15.3. The minimum Gasteiger partial charge on any atom is -0.335 e. The van der Waals surface area contributed by atoms with Crippen LogP contribution in [0.25, 0.3) is 10.2 Å². The van der Waals surface area contributed by atoms with Crippen molar-refractivity contribution in [2.75, 3.05) is 18.5 Å². The van der Waals surface area contributed by atoms with Gasteiger partial charge < -0.3 is 9.80 Å². The van der Waals surface area contributed by atoms with E-state index in [0.717, 1.165) is 21.6 Å². The summed E-state index contributed by atoms with van der Waals surface area (Å²) in [7, 11) is 1.77. The van der Waals surface area contributed by atoms with Crippen molar-refractivity contribution >= 4 is 39.1 Å². The van der Waals surface area contributed by atoms with E-state index in [1.54, 1.807) is 34.3 Å². The molecule has 0 saturated carbocycles. The third kappa shape index (κ3) is 3.08. The SMILES string of the molecule is CN(Cc1nc2ccccc2s1)C(=O)c1ccccc1N1CCCC1=O. The van der Waals surface area contributed by atoms with Gasteiger partial charge >= 0.3 is 0 Å². The number of rotatable bonds is 4. The summed E-state index contributed by atoms with van der Waals surface area (Å²) in [6.07, 6.45) is 1.38. The van der Waals surface area contributed by atoms with Crippen molar-refractivity contribution in [3.8, 4) is 0 Å². The highest BCUT2D eigenvalue weighted by atomic mass is 32.1. The Hall–Kier alpha value is -2.73. The summed E-state index contributed by atoms with van der Waals surface area (Å²) < 4.78 is 1.12. The van der Waals surface area contributed by atoms with Crippen molar-refractivity contribution < 1.29 is 9.59 Å². The van der Waals surface area contributed by atoms with Crippen molar-refractivity contribution in [1.82, 2.24) is 9.88 Å². The number of fused-ring (bicyclic) bond motifs is 1. The van der Waals surface area contributed by atoms with Crippen molar-refractivity contribution in [2.24, 2.45) is 0 Å². The normalized spacial score (nSPS) is 14.2. The summed E-state index contributed by atoms with van der Waals surface area (Å²) in [5.74, 6) is -0.0152. The molecule has 0 radical (unpaired) electrons. The standard InChI is InChI=1S/C20H19N3O2S/c1-22(13-18-21-15-8-3-5-10-17(15)26-18)20(25)14-7-2-4-9-16(14)23-12-6-11-19(23)24/h2-5,7-10H,6,11-13H2,1H3. The predicted octanol–water partition coefficient (Wildman–Crippen LogP) is 3.70. The second kappa shape index (κ2) is 6.88. The van der Waals surface area contributed by atoms with Gasteiger partial charge in [-0.2, -0.15) is 0 Å². The van der Waals surface area contributed by atoms with Crippen LogP contribution in [0, 0.1) is 0 Å². The molecule has 4 rings (SSSR count). The summed E-state index contributed by atoms with van der Waals surface area (Å²) in [5, 5.41) is 0.900. The van der Waals surface area contributed by atoms with Gasteiger partial charge in [-0.05, 0) is 30.7 Å². The molecule has 2 amide bonds. The molecule has 1 aliphatic heterocycles. The third-order valence-corrected chi connectivity index (χ3v) is 5.58. The van der Waals surface area contributed by atoms with Crippen LogP contribution in [0.1, 0.15) is 28.2 Å². The molecule has 2 heterocycles. The van der Waals surface area contributed by atoms with E-state index in [-0.39, 0.29) is 11.8 Å². The van der Waals surface area contributed by atoms with Crippen molar-refractivity contribution in [3.63, 3.8) is 0 Å². The van der Waals surface area contributed by atoms with E-state index in [0.29, 0.717) is 30.8 Å². The average molecular weight is 365 g/mol. The first-order chi connectivity index (χ1) is 12.6. The maximum absolute atomic E-state index is 13.0. The lowest BCUT2D eigenvalue weighted by atomic mass is 10.1. The molecule has 132 valence electrons. The zero-order valence-electron chi connectivity index (χ0n) is 14.5. The molecule has 3 aromatic rings. The van der Waals surface area contributed by atoms with Crippen molar-refractivity contribution in [2.45, 2.75) is 19.4 Å². The van der Waals surface area contributed by atoms with Crippen LogP contribution in [-0.2, 0) is 11.3 Å². The monoisotopic (exact) mass is 365 g/mol. The van der Waals surface area contributed by atoms with Crippen LogP contribution < -0.4 is 4.90 Å². The molecule has 1 fully saturated rings. The predicted molar refractivity (Wildman–Crippen MR) is 103 cm³/mol. The Morgan fingerprint density at radius 1 is 1.19 bits per heavy atom. The fraction of sp³-hybridized carbons (Fsp3) is 0.250. The van der Waals surface area contributed by atoms with E-state index in [9.17, 15) is 9.59 Å². The molecule has 2 aromatic carbocycles. The molecule has 5 nitrogen and oxygen atoms in total. The second-order valence-electron chi connectivity index (χ2n) is 6.40. The molecule has 6 heteroatoms. The van der Waals surface area contributed by atoms with Gasteiger partial charge in [-0.3, -0.25) is 9.59 Å². The van der Waals surface area contributed by atoms with Gasteiger partial charge in [0.25, 0.3) is 5.91 Å². The zero-order valence-corrected chi connectivity index (χ0v) is 15.3. The maximum atomic E-state index is 13.0. The number of nitrogens with zero attached hydrogens (tertiary/aromatic N) is 3. The number of amides is 2. The van der Waals surface area contributed by atoms with Crippen LogP contribution in [0.2, 0.25) is 0 Å². The van der Waals surface area contributed by atoms with Crippen LogP contribution in [0.5, 0.6) is 0 Å². The Balaban J connectivity index is 1.58. The van der Waals surface area contributed by atoms with Crippen molar-refractivity contribution in [1.29, 1.82) is 0 Å². The molecule has 26 heavy (non-hydrogen) atoms. The highest BCUT2D eigenvalue weighted by Gasteiger charge is 2.26. The summed E-state index contributed by atoms with van der Waals surface area (Å²) >= 11 is 1.60. The van der Waals surface area contributed by atoms with Gasteiger partial charge in [0.15, 0.2) is 0 Å². The Morgan fingerprint density at radius 3 is 2.73 bits per heavy atom. The molecular formula is C20H19N3O2S. The van der Waals surface area contributed by atoms with E-state index >= 15 is 0 Å². The van der Waals surface area contributed by atoms with Crippen LogP contribution in [0.3, 0.4) is 0 Å². The number of benzene rings is 2. The highest BCUT2D eigenvalue weighted by molar-refractivity contribution is 7.18. The Kier molecular flexibility index (Phi) is 4.42. The molecule has 0 unspecified atom stereocenters. The summed E-state index contributed by atoms with van der Waals surface area (Å²) in [4.78, 5) is 33.1. The first-order valence-corrected chi connectivity index (χ1v) is 9.44. The zero-order chi connectivity index (χ0) is 18.1. The van der Waals surface area contributed by atoms with Crippen LogP contribution in [-0.4, -0.2) is 35.3 Å². The average Bonchev–Trinajstić information content (AvgIpc) is 3.26. The van der Waals surface area contributed by atoms with E-state index in [4.69, 9.17) is 0 Å². The number of hydrogen-bond donors (Lipinski definition) is 0. The highest BCUT2D eigenvalue weighted by Crippen LogP contribution is 2.27. The number of anilines is 1. The van der Waals surface area contributed by atoms with Crippen LogP contribution >= 0.6 is 11.3 Å². The molecule has 0 atom stereocenters. The Labute approximate surface area is 155 Å². The van der Waals surface area contributed by atoms with E-state index in [1.807, 2.05) is 42.5 Å². The molecule has 0 N–H and O–H groups in total. The van der Waals surface area contributed by atoms with Gasteiger partial charge in [0.2, 0.25) is 5.91 Å². The lowest BCUT2D eigenvalue weighted by Gasteiger charge is -2.22. The Morgan fingerprint density at radius 2 is 1.96 bits per heavy atom. The van der Waals surface area contributed by atoms with Crippen LogP contribution in [0.15, 0.2) is 48.5 Å². The van der Waals surface area contributed by atoms with Gasteiger partial charge in [-0.1, -0.05) is 24.3 Å². The van der Waals surface area contributed by atoms with Crippen LogP contribution in [0.4, 0.5) is 5.69 Å². The van der Waals surface area contributed by atoms with E-state index in [1.165, 1.54) is 0 Å².